The molecular weight excluding hydrogens is 507 g/mol. The molecule has 0 saturated heterocycles. The van der Waals surface area contributed by atoms with Crippen LogP contribution in [0.1, 0.15) is 12.1 Å². The summed E-state index contributed by atoms with van der Waals surface area (Å²) < 4.78 is 23.6. The Kier molecular flexibility index (Phi) is 5.86. The Morgan fingerprint density at radius 1 is 1.25 bits per heavy atom. The molecule has 0 unspecified atom stereocenters. The highest BCUT2D eigenvalue weighted by molar-refractivity contribution is 7.22. The second-order valence-electron chi connectivity index (χ2n) is 8.04. The predicted octanol–water partition coefficient (Wildman–Crippen LogP) is 4.19. The van der Waals surface area contributed by atoms with Gasteiger partial charge in [-0.15, -0.1) is 11.3 Å². The molecule has 0 N–H and O–H groups in total. The van der Waals surface area contributed by atoms with Crippen LogP contribution in [0.3, 0.4) is 0 Å². The fourth-order valence-electron chi connectivity index (χ4n) is 4.20. The molecule has 182 valence electrons. The van der Waals surface area contributed by atoms with Crippen molar-refractivity contribution in [2.45, 2.75) is 19.9 Å². The average Bonchev–Trinajstić information content (AvgIpc) is 3.41. The Bertz CT molecular complexity index is 1850. The molecule has 4 heterocycles. The molecule has 0 amide bonds. The zero-order valence-corrected chi connectivity index (χ0v) is 20.9. The summed E-state index contributed by atoms with van der Waals surface area (Å²) in [5.74, 6) is -0.621. The van der Waals surface area contributed by atoms with Crippen LogP contribution in [0.15, 0.2) is 40.2 Å². The lowest BCUT2D eigenvalue weighted by molar-refractivity contribution is 0.387. The minimum absolute atomic E-state index is 0.00376. The van der Waals surface area contributed by atoms with Crippen LogP contribution in [0.4, 0.5) is 4.39 Å². The molecule has 5 aromatic rings. The Labute approximate surface area is 212 Å². The summed E-state index contributed by atoms with van der Waals surface area (Å²) in [5.41, 5.74) is 1.27. The molecule has 0 aliphatic rings. The van der Waals surface area contributed by atoms with Gasteiger partial charge in [-0.1, -0.05) is 11.6 Å². The van der Waals surface area contributed by atoms with Crippen molar-refractivity contribution >= 4 is 44.1 Å². The first-order valence-electron chi connectivity index (χ1n) is 10.7. The lowest BCUT2D eigenvalue weighted by atomic mass is 10.1. The summed E-state index contributed by atoms with van der Waals surface area (Å²) in [5, 5.41) is 14.4. The van der Waals surface area contributed by atoms with Crippen molar-refractivity contribution in [2.24, 2.45) is 7.05 Å². The third-order valence-electron chi connectivity index (χ3n) is 6.03. The zero-order chi connectivity index (χ0) is 25.7. The summed E-state index contributed by atoms with van der Waals surface area (Å²) in [6.45, 7) is 1.90. The monoisotopic (exact) mass is 524 g/mol. The first kappa shape index (κ1) is 23.7. The van der Waals surface area contributed by atoms with Crippen molar-refractivity contribution < 1.29 is 9.13 Å². The molecular formula is C24H18ClFN6O3S. The number of fused-ring (bicyclic) bond motifs is 2. The Morgan fingerprint density at radius 3 is 2.75 bits per heavy atom. The molecule has 1 aromatic carbocycles. The van der Waals surface area contributed by atoms with E-state index in [2.05, 4.69) is 10.1 Å². The minimum Gasteiger partial charge on any atom is -0.494 e. The molecule has 0 bridgehead atoms. The van der Waals surface area contributed by atoms with Gasteiger partial charge in [0.25, 0.3) is 5.56 Å². The number of nitriles is 1. The minimum atomic E-state index is -0.618. The van der Waals surface area contributed by atoms with Crippen LogP contribution in [0.25, 0.3) is 37.2 Å². The van der Waals surface area contributed by atoms with E-state index in [-0.39, 0.29) is 28.4 Å². The average molecular weight is 525 g/mol. The maximum absolute atomic E-state index is 14.1. The van der Waals surface area contributed by atoms with Crippen molar-refractivity contribution in [2.75, 3.05) is 7.11 Å². The van der Waals surface area contributed by atoms with Crippen LogP contribution < -0.4 is 16.0 Å². The van der Waals surface area contributed by atoms with Crippen LogP contribution in [0.2, 0.25) is 5.02 Å². The summed E-state index contributed by atoms with van der Waals surface area (Å²) >= 11 is 7.44. The van der Waals surface area contributed by atoms with E-state index >= 15 is 0 Å². The molecule has 12 heteroatoms. The van der Waals surface area contributed by atoms with Gasteiger partial charge in [0.05, 0.1) is 53.6 Å². The van der Waals surface area contributed by atoms with Crippen molar-refractivity contribution in [1.82, 2.24) is 23.9 Å². The molecule has 0 atom stereocenters. The Morgan fingerprint density at radius 2 is 2.03 bits per heavy atom. The summed E-state index contributed by atoms with van der Waals surface area (Å²) in [4.78, 5) is 32.2. The van der Waals surface area contributed by atoms with Gasteiger partial charge in [0.1, 0.15) is 10.2 Å². The molecule has 36 heavy (non-hydrogen) atoms. The second kappa shape index (κ2) is 8.89. The number of hydrogen-bond donors (Lipinski definition) is 0. The lowest BCUT2D eigenvalue weighted by Crippen LogP contribution is -2.38. The van der Waals surface area contributed by atoms with Gasteiger partial charge in [-0.2, -0.15) is 10.4 Å². The molecule has 0 spiro atoms. The number of nitrogens with zero attached hydrogens (tertiary/aromatic N) is 6. The van der Waals surface area contributed by atoms with Crippen LogP contribution in [-0.2, 0) is 13.6 Å². The van der Waals surface area contributed by atoms with E-state index in [9.17, 15) is 19.2 Å². The van der Waals surface area contributed by atoms with Crippen LogP contribution in [0.5, 0.6) is 5.75 Å². The molecule has 0 radical (unpaired) electrons. The highest BCUT2D eigenvalue weighted by Gasteiger charge is 2.22. The largest absolute Gasteiger partial charge is 0.494 e. The number of aryl methyl sites for hydroxylation is 3. The molecule has 9 nitrogen and oxygen atoms in total. The molecule has 0 aliphatic heterocycles. The van der Waals surface area contributed by atoms with E-state index in [0.717, 1.165) is 27.7 Å². The lowest BCUT2D eigenvalue weighted by Gasteiger charge is -2.11. The number of rotatable bonds is 5. The molecule has 0 saturated carbocycles. The van der Waals surface area contributed by atoms with E-state index in [0.29, 0.717) is 32.5 Å². The number of ether oxygens (including phenoxy) is 1. The van der Waals surface area contributed by atoms with Crippen molar-refractivity contribution in [1.29, 1.82) is 5.26 Å². The maximum Gasteiger partial charge on any atom is 0.336 e. The van der Waals surface area contributed by atoms with Gasteiger partial charge in [0.2, 0.25) is 0 Å². The van der Waals surface area contributed by atoms with E-state index in [4.69, 9.17) is 16.3 Å². The highest BCUT2D eigenvalue weighted by Crippen LogP contribution is 2.39. The molecule has 5 rings (SSSR count). The molecule has 0 aliphatic carbocycles. The van der Waals surface area contributed by atoms with Crippen LogP contribution in [-0.4, -0.2) is 31.0 Å². The number of hydrogen-bond acceptors (Lipinski definition) is 7. The highest BCUT2D eigenvalue weighted by atomic mass is 35.5. The third kappa shape index (κ3) is 3.57. The second-order valence-corrected chi connectivity index (χ2v) is 9.50. The standard InChI is InChI=1S/C24H18ClFN6O3S/c1-12-21-16(29-30(12)2)10-28-11-18(21)32-23(33)22-17(31(24(32)34)6-4-5-27)9-20(36-22)13-7-19(35-3)15(26)8-14(13)25/h7-11H,4,6H2,1-3H3. The smallest absolute Gasteiger partial charge is 0.336 e. The number of benzene rings is 1. The number of methoxy groups -OCH3 is 1. The van der Waals surface area contributed by atoms with Gasteiger partial charge in [0.15, 0.2) is 11.6 Å². The van der Waals surface area contributed by atoms with Gasteiger partial charge in [-0.25, -0.2) is 13.8 Å². The third-order valence-corrected chi connectivity index (χ3v) is 7.49. The maximum atomic E-state index is 14.1. The summed E-state index contributed by atoms with van der Waals surface area (Å²) in [6, 6.07) is 6.28. The number of thiophene rings is 1. The fourth-order valence-corrected chi connectivity index (χ4v) is 5.63. The SMILES string of the molecule is COc1cc(-c2cc3c(s2)c(=O)n(-c2cncc4nn(C)c(C)c24)c(=O)n3CCC#N)c(Cl)cc1F. The van der Waals surface area contributed by atoms with Crippen molar-refractivity contribution in [3.8, 4) is 27.9 Å². The Balaban J connectivity index is 1.86. The van der Waals surface area contributed by atoms with E-state index in [1.807, 2.05) is 13.0 Å². The van der Waals surface area contributed by atoms with Gasteiger partial charge in [-0.05, 0) is 25.1 Å². The summed E-state index contributed by atoms with van der Waals surface area (Å²) in [7, 11) is 3.11. The quantitative estimate of drug-likeness (QED) is 0.341. The normalized spacial score (nSPS) is 11.3. The van der Waals surface area contributed by atoms with E-state index < -0.39 is 17.1 Å². The first-order chi connectivity index (χ1) is 17.3. The Hall–Kier alpha value is -4.01. The summed E-state index contributed by atoms with van der Waals surface area (Å²) in [6.07, 6.45) is 3.07. The molecule has 0 fully saturated rings. The van der Waals surface area contributed by atoms with E-state index in [1.54, 1.807) is 24.0 Å². The number of aromatic nitrogens is 5. The van der Waals surface area contributed by atoms with E-state index in [1.165, 1.54) is 23.9 Å². The topological polar surface area (TPSA) is 108 Å². The van der Waals surface area contributed by atoms with Crippen LogP contribution in [0, 0.1) is 24.1 Å². The fraction of sp³-hybridized carbons (Fsp3) is 0.208. The number of halogens is 2. The number of pyridine rings is 1. The van der Waals surface area contributed by atoms with Gasteiger partial charge in [-0.3, -0.25) is 19.0 Å². The zero-order valence-electron chi connectivity index (χ0n) is 19.4. The molecule has 4 aromatic heterocycles. The first-order valence-corrected chi connectivity index (χ1v) is 11.9. The van der Waals surface area contributed by atoms with Gasteiger partial charge >= 0.3 is 5.69 Å². The predicted molar refractivity (Wildman–Crippen MR) is 136 cm³/mol. The van der Waals surface area contributed by atoms with Gasteiger partial charge < -0.3 is 4.74 Å². The van der Waals surface area contributed by atoms with Gasteiger partial charge in [0, 0.05) is 29.7 Å². The van der Waals surface area contributed by atoms with Crippen LogP contribution >= 0.6 is 22.9 Å². The van der Waals surface area contributed by atoms with Crippen molar-refractivity contribution in [3.05, 3.63) is 68.0 Å². The van der Waals surface area contributed by atoms with Crippen molar-refractivity contribution in [3.63, 3.8) is 0 Å².